The number of benzene rings is 1. The predicted molar refractivity (Wildman–Crippen MR) is 77.0 cm³/mol. The number of fused-ring (bicyclic) bond motifs is 1. The van der Waals surface area contributed by atoms with Crippen molar-refractivity contribution in [2.24, 2.45) is 5.73 Å². The van der Waals surface area contributed by atoms with E-state index in [0.29, 0.717) is 12.0 Å². The number of aryl methyl sites for hydroxylation is 2. The number of hydrogen-bond donors (Lipinski definition) is 2. The lowest BCUT2D eigenvalue weighted by atomic mass is 9.80. The Hall–Kier alpha value is -1.28. The summed E-state index contributed by atoms with van der Waals surface area (Å²) in [5, 5.41) is 1.38. The van der Waals surface area contributed by atoms with Crippen LogP contribution < -0.4 is 5.73 Å². The molecule has 96 valence electrons. The van der Waals surface area contributed by atoms with Crippen LogP contribution in [0.3, 0.4) is 0 Å². The summed E-state index contributed by atoms with van der Waals surface area (Å²) >= 11 is 0. The zero-order chi connectivity index (χ0) is 12.7. The summed E-state index contributed by atoms with van der Waals surface area (Å²) in [6.45, 7) is 4.35. The second kappa shape index (κ2) is 4.43. The van der Waals surface area contributed by atoms with Crippen molar-refractivity contribution < 1.29 is 0 Å². The van der Waals surface area contributed by atoms with E-state index in [1.165, 1.54) is 53.3 Å². The molecular weight excluding hydrogens is 220 g/mol. The Bertz CT molecular complexity index is 568. The molecule has 1 saturated carbocycles. The van der Waals surface area contributed by atoms with Gasteiger partial charge in [-0.15, -0.1) is 0 Å². The van der Waals surface area contributed by atoms with Crippen molar-refractivity contribution in [2.45, 2.75) is 51.5 Å². The van der Waals surface area contributed by atoms with E-state index in [1.54, 1.807) is 0 Å². The van der Waals surface area contributed by atoms with E-state index in [4.69, 9.17) is 5.73 Å². The summed E-state index contributed by atoms with van der Waals surface area (Å²) in [5.74, 6) is 0.536. The lowest BCUT2D eigenvalue weighted by Crippen LogP contribution is -2.31. The fourth-order valence-electron chi connectivity index (χ4n) is 3.47. The van der Waals surface area contributed by atoms with Crippen molar-refractivity contribution in [1.82, 2.24) is 4.98 Å². The molecule has 1 aliphatic rings. The van der Waals surface area contributed by atoms with E-state index < -0.39 is 0 Å². The maximum Gasteiger partial charge on any atom is 0.0486 e. The first-order valence-corrected chi connectivity index (χ1v) is 7.00. The normalized spacial score (nSPS) is 24.6. The quantitative estimate of drug-likeness (QED) is 0.785. The molecule has 2 nitrogen and oxygen atoms in total. The zero-order valence-corrected chi connectivity index (χ0v) is 11.3. The highest BCUT2D eigenvalue weighted by molar-refractivity contribution is 5.87. The molecule has 2 heteroatoms. The molecule has 1 fully saturated rings. The van der Waals surface area contributed by atoms with Gasteiger partial charge in [-0.05, 0) is 43.9 Å². The average Bonchev–Trinajstić information content (AvgIpc) is 2.73. The lowest BCUT2D eigenvalue weighted by molar-refractivity contribution is 0.387. The SMILES string of the molecule is Cc1cc(C)c2[nH]cc([C@@H]3CCCC[C@@H]3N)c2c1. The fourth-order valence-corrected chi connectivity index (χ4v) is 3.47. The molecule has 1 heterocycles. The van der Waals surface area contributed by atoms with Crippen LogP contribution in [0.1, 0.15) is 48.3 Å². The number of nitrogens with two attached hydrogens (primary N) is 1. The minimum absolute atomic E-state index is 0.332. The Labute approximate surface area is 109 Å². The number of nitrogens with one attached hydrogen (secondary N) is 1. The van der Waals surface area contributed by atoms with Crippen molar-refractivity contribution in [1.29, 1.82) is 0 Å². The summed E-state index contributed by atoms with van der Waals surface area (Å²) in [6, 6.07) is 4.87. The number of aromatic amines is 1. The number of aromatic nitrogens is 1. The van der Waals surface area contributed by atoms with Crippen molar-refractivity contribution in [3.05, 3.63) is 35.0 Å². The van der Waals surface area contributed by atoms with Crippen LogP contribution in [0.2, 0.25) is 0 Å². The van der Waals surface area contributed by atoms with Gasteiger partial charge in [-0.25, -0.2) is 0 Å². The first-order chi connectivity index (χ1) is 8.66. The van der Waals surface area contributed by atoms with E-state index in [0.717, 1.165) is 0 Å². The topological polar surface area (TPSA) is 41.8 Å². The van der Waals surface area contributed by atoms with Gasteiger partial charge < -0.3 is 10.7 Å². The van der Waals surface area contributed by atoms with E-state index in [1.807, 2.05) is 0 Å². The second-order valence-electron chi connectivity index (χ2n) is 5.80. The molecule has 3 N–H and O–H groups in total. The van der Waals surface area contributed by atoms with E-state index >= 15 is 0 Å². The third-order valence-electron chi connectivity index (χ3n) is 4.38. The molecule has 3 rings (SSSR count). The molecule has 0 saturated heterocycles. The highest BCUT2D eigenvalue weighted by Crippen LogP contribution is 2.36. The summed E-state index contributed by atoms with van der Waals surface area (Å²) < 4.78 is 0. The number of H-pyrrole nitrogens is 1. The molecule has 1 aromatic carbocycles. The van der Waals surface area contributed by atoms with E-state index in [-0.39, 0.29) is 0 Å². The Morgan fingerprint density at radius 1 is 1.17 bits per heavy atom. The highest BCUT2D eigenvalue weighted by atomic mass is 14.7. The van der Waals surface area contributed by atoms with Crippen molar-refractivity contribution in [3.63, 3.8) is 0 Å². The first-order valence-electron chi connectivity index (χ1n) is 7.00. The van der Waals surface area contributed by atoms with Gasteiger partial charge in [0.15, 0.2) is 0 Å². The van der Waals surface area contributed by atoms with Crippen LogP contribution in [0.4, 0.5) is 0 Å². The summed E-state index contributed by atoms with van der Waals surface area (Å²) in [4.78, 5) is 3.45. The summed E-state index contributed by atoms with van der Waals surface area (Å²) in [7, 11) is 0. The maximum absolute atomic E-state index is 6.32. The van der Waals surface area contributed by atoms with Gasteiger partial charge in [-0.1, -0.05) is 24.5 Å². The average molecular weight is 242 g/mol. The van der Waals surface area contributed by atoms with Crippen LogP contribution in [0, 0.1) is 13.8 Å². The number of rotatable bonds is 1. The first kappa shape index (κ1) is 11.8. The van der Waals surface area contributed by atoms with Crippen LogP contribution in [0.25, 0.3) is 10.9 Å². The molecule has 0 radical (unpaired) electrons. The second-order valence-corrected chi connectivity index (χ2v) is 5.80. The van der Waals surface area contributed by atoms with Gasteiger partial charge in [-0.2, -0.15) is 0 Å². The van der Waals surface area contributed by atoms with Gasteiger partial charge in [0.25, 0.3) is 0 Å². The predicted octanol–water partition coefficient (Wildman–Crippen LogP) is 3.77. The van der Waals surface area contributed by atoms with Gasteiger partial charge in [-0.3, -0.25) is 0 Å². The van der Waals surface area contributed by atoms with Gasteiger partial charge in [0, 0.05) is 29.1 Å². The Morgan fingerprint density at radius 2 is 1.94 bits per heavy atom. The van der Waals surface area contributed by atoms with Crippen LogP contribution in [-0.2, 0) is 0 Å². The van der Waals surface area contributed by atoms with Crippen molar-refractivity contribution in [2.75, 3.05) is 0 Å². The van der Waals surface area contributed by atoms with E-state index in [9.17, 15) is 0 Å². The molecule has 1 aromatic heterocycles. The standard InChI is InChI=1S/C16H22N2/c1-10-7-11(2)16-13(8-10)14(9-18-16)12-5-3-4-6-15(12)17/h7-9,12,15,18H,3-6,17H2,1-2H3/t12-,15-/m0/s1. The summed E-state index contributed by atoms with van der Waals surface area (Å²) in [5.41, 5.74) is 11.7. The molecule has 2 atom stereocenters. The van der Waals surface area contributed by atoms with E-state index in [2.05, 4.69) is 37.2 Å². The highest BCUT2D eigenvalue weighted by Gasteiger charge is 2.25. The molecule has 0 unspecified atom stereocenters. The van der Waals surface area contributed by atoms with Crippen LogP contribution in [0.15, 0.2) is 18.3 Å². The Morgan fingerprint density at radius 3 is 2.72 bits per heavy atom. The third kappa shape index (κ3) is 1.85. The maximum atomic E-state index is 6.32. The van der Waals surface area contributed by atoms with Crippen LogP contribution in [0.5, 0.6) is 0 Å². The smallest absolute Gasteiger partial charge is 0.0486 e. The Kier molecular flexibility index (Phi) is 2.90. The molecule has 1 aliphatic carbocycles. The van der Waals surface area contributed by atoms with Gasteiger partial charge in [0.1, 0.15) is 0 Å². The Balaban J connectivity index is 2.11. The minimum Gasteiger partial charge on any atom is -0.361 e. The molecule has 0 spiro atoms. The molecular formula is C16H22N2. The van der Waals surface area contributed by atoms with Gasteiger partial charge in [0.05, 0.1) is 0 Å². The number of hydrogen-bond acceptors (Lipinski definition) is 1. The lowest BCUT2D eigenvalue weighted by Gasteiger charge is -2.28. The van der Waals surface area contributed by atoms with Crippen LogP contribution in [-0.4, -0.2) is 11.0 Å². The molecule has 18 heavy (non-hydrogen) atoms. The third-order valence-corrected chi connectivity index (χ3v) is 4.38. The van der Waals surface area contributed by atoms with Gasteiger partial charge in [0.2, 0.25) is 0 Å². The minimum atomic E-state index is 0.332. The molecule has 0 amide bonds. The zero-order valence-electron chi connectivity index (χ0n) is 11.3. The molecule has 0 bridgehead atoms. The van der Waals surface area contributed by atoms with Crippen molar-refractivity contribution in [3.8, 4) is 0 Å². The molecule has 2 aromatic rings. The van der Waals surface area contributed by atoms with Gasteiger partial charge >= 0.3 is 0 Å². The fraction of sp³-hybridized carbons (Fsp3) is 0.500. The van der Waals surface area contributed by atoms with Crippen molar-refractivity contribution >= 4 is 10.9 Å². The monoisotopic (exact) mass is 242 g/mol. The molecule has 0 aliphatic heterocycles. The summed E-state index contributed by atoms with van der Waals surface area (Å²) in [6.07, 6.45) is 7.20. The largest absolute Gasteiger partial charge is 0.361 e. The van der Waals surface area contributed by atoms with Crippen LogP contribution >= 0.6 is 0 Å².